The molecule has 1 aliphatic heterocycles. The van der Waals surface area contributed by atoms with Gasteiger partial charge in [-0.2, -0.15) is 5.26 Å². The topological polar surface area (TPSA) is 82.8 Å². The Balaban J connectivity index is 2.24. The third-order valence-corrected chi connectivity index (χ3v) is 3.16. The minimum atomic E-state index is -0.312. The van der Waals surface area contributed by atoms with Gasteiger partial charge in [0, 0.05) is 13.1 Å². The number of phenolic OH excluding ortho intramolecular Hbond substituents is 1. The lowest BCUT2D eigenvalue weighted by Gasteiger charge is -2.26. The van der Waals surface area contributed by atoms with Crippen LogP contribution in [0.5, 0.6) is 11.5 Å². The fourth-order valence-corrected chi connectivity index (χ4v) is 2.03. The number of phenols is 1. The Kier molecular flexibility index (Phi) is 4.80. The van der Waals surface area contributed by atoms with Crippen molar-refractivity contribution in [1.29, 1.82) is 5.26 Å². The number of rotatable bonds is 3. The van der Waals surface area contributed by atoms with Crippen molar-refractivity contribution in [2.75, 3.05) is 33.4 Å². The number of carbonyl (C=O) groups is 1. The van der Waals surface area contributed by atoms with Crippen molar-refractivity contribution in [3.8, 4) is 17.6 Å². The Morgan fingerprint density at radius 1 is 1.48 bits per heavy atom. The maximum absolute atomic E-state index is 12.3. The summed E-state index contributed by atoms with van der Waals surface area (Å²) in [5.74, 6) is -0.0135. The first kappa shape index (κ1) is 14.9. The highest BCUT2D eigenvalue weighted by Crippen LogP contribution is 2.27. The summed E-state index contributed by atoms with van der Waals surface area (Å²) in [6.07, 6.45) is 1.49. The molecule has 1 aliphatic rings. The predicted octanol–water partition coefficient (Wildman–Crippen LogP) is 1.17. The summed E-state index contributed by atoms with van der Waals surface area (Å²) in [6.45, 7) is 1.93. The zero-order valence-corrected chi connectivity index (χ0v) is 11.7. The van der Waals surface area contributed by atoms with Gasteiger partial charge in [-0.05, 0) is 23.8 Å². The standard InChI is InChI=1S/C15H16N2O4/c1-20-14-9-11(2-3-13(14)18)8-12(10-16)15(19)17-4-6-21-7-5-17/h2-3,8-9,18H,4-7H2,1H3. The van der Waals surface area contributed by atoms with Gasteiger partial charge in [-0.3, -0.25) is 4.79 Å². The number of nitrogens with zero attached hydrogens (tertiary/aromatic N) is 2. The second kappa shape index (κ2) is 6.77. The third kappa shape index (κ3) is 3.52. The van der Waals surface area contributed by atoms with Crippen molar-refractivity contribution < 1.29 is 19.4 Å². The molecule has 0 saturated carbocycles. The summed E-state index contributed by atoms with van der Waals surface area (Å²) in [4.78, 5) is 13.8. The molecule has 110 valence electrons. The summed E-state index contributed by atoms with van der Waals surface area (Å²) < 4.78 is 10.2. The molecule has 0 unspecified atom stereocenters. The number of hydrogen-bond acceptors (Lipinski definition) is 5. The highest BCUT2D eigenvalue weighted by molar-refractivity contribution is 6.01. The van der Waals surface area contributed by atoms with E-state index < -0.39 is 0 Å². The summed E-state index contributed by atoms with van der Waals surface area (Å²) in [5, 5.41) is 18.7. The van der Waals surface area contributed by atoms with Crippen molar-refractivity contribution in [3.63, 3.8) is 0 Å². The van der Waals surface area contributed by atoms with E-state index in [1.165, 1.54) is 19.3 Å². The molecule has 1 saturated heterocycles. The van der Waals surface area contributed by atoms with Crippen LogP contribution in [0.3, 0.4) is 0 Å². The zero-order valence-electron chi connectivity index (χ0n) is 11.7. The lowest BCUT2D eigenvalue weighted by molar-refractivity contribution is -0.130. The van der Waals surface area contributed by atoms with Crippen molar-refractivity contribution in [2.45, 2.75) is 0 Å². The molecular formula is C15H16N2O4. The van der Waals surface area contributed by atoms with E-state index >= 15 is 0 Å². The molecule has 0 aromatic heterocycles. The lowest BCUT2D eigenvalue weighted by Crippen LogP contribution is -2.41. The van der Waals surface area contributed by atoms with Gasteiger partial charge in [-0.25, -0.2) is 0 Å². The van der Waals surface area contributed by atoms with Gasteiger partial charge in [0.25, 0.3) is 5.91 Å². The van der Waals surface area contributed by atoms with Crippen LogP contribution in [0.4, 0.5) is 0 Å². The molecule has 1 N–H and O–H groups in total. The Bertz CT molecular complexity index is 598. The van der Waals surface area contributed by atoms with Crippen LogP contribution in [0.1, 0.15) is 5.56 Å². The normalized spacial score (nSPS) is 15.4. The van der Waals surface area contributed by atoms with E-state index in [4.69, 9.17) is 9.47 Å². The third-order valence-electron chi connectivity index (χ3n) is 3.16. The molecule has 0 radical (unpaired) electrons. The highest BCUT2D eigenvalue weighted by atomic mass is 16.5. The molecule has 0 spiro atoms. The predicted molar refractivity (Wildman–Crippen MR) is 75.6 cm³/mol. The van der Waals surface area contributed by atoms with Crippen LogP contribution in [0.2, 0.25) is 0 Å². The Morgan fingerprint density at radius 2 is 2.19 bits per heavy atom. The van der Waals surface area contributed by atoms with Gasteiger partial charge in [0.05, 0.1) is 20.3 Å². The van der Waals surface area contributed by atoms with Gasteiger partial charge in [-0.15, -0.1) is 0 Å². The van der Waals surface area contributed by atoms with Gasteiger partial charge < -0.3 is 19.5 Å². The van der Waals surface area contributed by atoms with Gasteiger partial charge >= 0.3 is 0 Å². The quantitative estimate of drug-likeness (QED) is 0.666. The first-order valence-electron chi connectivity index (χ1n) is 6.51. The molecule has 6 nitrogen and oxygen atoms in total. The molecule has 2 rings (SSSR count). The van der Waals surface area contributed by atoms with Crippen molar-refractivity contribution in [1.82, 2.24) is 4.90 Å². The first-order valence-corrected chi connectivity index (χ1v) is 6.51. The van der Waals surface area contributed by atoms with Crippen molar-refractivity contribution in [3.05, 3.63) is 29.3 Å². The fourth-order valence-electron chi connectivity index (χ4n) is 2.03. The Hall–Kier alpha value is -2.52. The molecule has 1 fully saturated rings. The second-order valence-corrected chi connectivity index (χ2v) is 4.51. The van der Waals surface area contributed by atoms with E-state index in [2.05, 4.69) is 0 Å². The number of benzene rings is 1. The first-order chi connectivity index (χ1) is 10.2. The highest BCUT2D eigenvalue weighted by Gasteiger charge is 2.20. The number of methoxy groups -OCH3 is 1. The molecular weight excluding hydrogens is 272 g/mol. The number of ether oxygens (including phenoxy) is 2. The second-order valence-electron chi connectivity index (χ2n) is 4.51. The smallest absolute Gasteiger partial charge is 0.264 e. The van der Waals surface area contributed by atoms with E-state index in [0.717, 1.165) is 0 Å². The average Bonchev–Trinajstić information content (AvgIpc) is 2.54. The summed E-state index contributed by atoms with van der Waals surface area (Å²) in [7, 11) is 1.44. The van der Waals surface area contributed by atoms with Crippen LogP contribution in [-0.2, 0) is 9.53 Å². The number of amides is 1. The molecule has 0 aliphatic carbocycles. The van der Waals surface area contributed by atoms with Crippen LogP contribution in [-0.4, -0.2) is 49.3 Å². The summed E-state index contributed by atoms with van der Waals surface area (Å²) in [6, 6.07) is 6.56. The minimum absolute atomic E-state index is 0.00710. The number of hydrogen-bond donors (Lipinski definition) is 1. The van der Waals surface area contributed by atoms with Crippen LogP contribution in [0, 0.1) is 11.3 Å². The van der Waals surface area contributed by atoms with E-state index in [1.54, 1.807) is 17.0 Å². The number of aromatic hydroxyl groups is 1. The van der Waals surface area contributed by atoms with E-state index in [0.29, 0.717) is 37.6 Å². The molecule has 1 aromatic carbocycles. The largest absolute Gasteiger partial charge is 0.504 e. The van der Waals surface area contributed by atoms with E-state index in [-0.39, 0.29) is 17.2 Å². The van der Waals surface area contributed by atoms with Gasteiger partial charge in [-0.1, -0.05) is 6.07 Å². The summed E-state index contributed by atoms with van der Waals surface area (Å²) >= 11 is 0. The van der Waals surface area contributed by atoms with Gasteiger partial charge in [0.2, 0.25) is 0 Å². The number of carbonyl (C=O) groups excluding carboxylic acids is 1. The molecule has 0 atom stereocenters. The van der Waals surface area contributed by atoms with Crippen molar-refractivity contribution >= 4 is 12.0 Å². The Morgan fingerprint density at radius 3 is 2.81 bits per heavy atom. The summed E-state index contributed by atoms with van der Waals surface area (Å²) in [5.41, 5.74) is 0.660. The lowest BCUT2D eigenvalue weighted by atomic mass is 10.1. The fraction of sp³-hybridized carbons (Fsp3) is 0.333. The maximum Gasteiger partial charge on any atom is 0.264 e. The number of morpholine rings is 1. The maximum atomic E-state index is 12.3. The molecule has 21 heavy (non-hydrogen) atoms. The molecule has 0 bridgehead atoms. The SMILES string of the molecule is COc1cc(C=C(C#N)C(=O)N2CCOCC2)ccc1O. The van der Waals surface area contributed by atoms with Crippen LogP contribution in [0.25, 0.3) is 6.08 Å². The van der Waals surface area contributed by atoms with Crippen LogP contribution >= 0.6 is 0 Å². The molecule has 6 heteroatoms. The van der Waals surface area contributed by atoms with Crippen molar-refractivity contribution in [2.24, 2.45) is 0 Å². The Labute approximate surface area is 122 Å². The van der Waals surface area contributed by atoms with Crippen LogP contribution < -0.4 is 4.74 Å². The zero-order chi connectivity index (χ0) is 15.2. The molecule has 1 amide bonds. The minimum Gasteiger partial charge on any atom is -0.504 e. The van der Waals surface area contributed by atoms with E-state index in [1.807, 2.05) is 6.07 Å². The monoisotopic (exact) mass is 288 g/mol. The van der Waals surface area contributed by atoms with Gasteiger partial charge in [0.15, 0.2) is 11.5 Å². The average molecular weight is 288 g/mol. The van der Waals surface area contributed by atoms with E-state index in [9.17, 15) is 15.2 Å². The number of nitriles is 1. The van der Waals surface area contributed by atoms with Gasteiger partial charge in [0.1, 0.15) is 11.6 Å². The molecule has 1 aromatic rings. The van der Waals surface area contributed by atoms with Crippen LogP contribution in [0.15, 0.2) is 23.8 Å². The molecule has 1 heterocycles.